The smallest absolute Gasteiger partial charge is 0.309 e. The molecule has 0 N–H and O–H groups in total. The first-order valence-electron chi connectivity index (χ1n) is 6.43. The van der Waals surface area contributed by atoms with E-state index in [0.29, 0.717) is 17.9 Å². The van der Waals surface area contributed by atoms with Crippen LogP contribution in [0.4, 0.5) is 0 Å². The van der Waals surface area contributed by atoms with Crippen molar-refractivity contribution in [2.45, 2.75) is 19.3 Å². The van der Waals surface area contributed by atoms with E-state index < -0.39 is 0 Å². The number of rotatable bonds is 7. The van der Waals surface area contributed by atoms with Gasteiger partial charge in [0.2, 0.25) is 0 Å². The molecule has 0 bridgehead atoms. The maximum absolute atomic E-state index is 11.5. The van der Waals surface area contributed by atoms with Gasteiger partial charge in [0.05, 0.1) is 34.9 Å². The van der Waals surface area contributed by atoms with Gasteiger partial charge in [0.25, 0.3) is 0 Å². The van der Waals surface area contributed by atoms with E-state index in [4.69, 9.17) is 9.47 Å². The molecule has 116 valence electrons. The lowest BCUT2D eigenvalue weighted by Gasteiger charge is -2.14. The number of hydrogen-bond donors (Lipinski definition) is 0. The number of methoxy groups -OCH3 is 4. The lowest BCUT2D eigenvalue weighted by molar-refractivity contribution is -0.140. The van der Waals surface area contributed by atoms with E-state index in [1.165, 1.54) is 28.4 Å². The topological polar surface area (TPSA) is 71.1 Å². The third-order valence-electron chi connectivity index (χ3n) is 3.09. The van der Waals surface area contributed by atoms with Gasteiger partial charge in [0.15, 0.2) is 11.5 Å². The highest BCUT2D eigenvalue weighted by Gasteiger charge is 2.15. The number of aryl methyl sites for hydroxylation is 1. The van der Waals surface area contributed by atoms with Crippen molar-refractivity contribution < 1.29 is 28.5 Å². The summed E-state index contributed by atoms with van der Waals surface area (Å²) in [5, 5.41) is 0. The van der Waals surface area contributed by atoms with E-state index >= 15 is 0 Å². The SMILES string of the molecule is COC(=O)CCc1cc(OC)c(OC)cc1CC(=O)OC. The zero-order valence-electron chi connectivity index (χ0n) is 12.7. The molecule has 0 aliphatic rings. The van der Waals surface area contributed by atoms with Crippen LogP contribution in [0, 0.1) is 0 Å². The van der Waals surface area contributed by atoms with Gasteiger partial charge in [-0.15, -0.1) is 0 Å². The molecule has 6 nitrogen and oxygen atoms in total. The number of benzene rings is 1. The summed E-state index contributed by atoms with van der Waals surface area (Å²) in [7, 11) is 5.72. The van der Waals surface area contributed by atoms with Gasteiger partial charge in [0.1, 0.15) is 0 Å². The van der Waals surface area contributed by atoms with Crippen LogP contribution >= 0.6 is 0 Å². The second-order valence-electron chi connectivity index (χ2n) is 4.30. The quantitative estimate of drug-likeness (QED) is 0.711. The molecule has 0 radical (unpaired) electrons. The average molecular weight is 296 g/mol. The maximum Gasteiger partial charge on any atom is 0.309 e. The van der Waals surface area contributed by atoms with Crippen LogP contribution in [0.25, 0.3) is 0 Å². The van der Waals surface area contributed by atoms with E-state index in [1.54, 1.807) is 12.1 Å². The predicted molar refractivity (Wildman–Crippen MR) is 75.6 cm³/mol. The van der Waals surface area contributed by atoms with Crippen LogP contribution in [-0.4, -0.2) is 40.4 Å². The van der Waals surface area contributed by atoms with Gasteiger partial charge < -0.3 is 18.9 Å². The molecule has 0 unspecified atom stereocenters. The molecule has 0 amide bonds. The molecule has 21 heavy (non-hydrogen) atoms. The fraction of sp³-hybridized carbons (Fsp3) is 0.467. The molecule has 0 atom stereocenters. The first-order valence-corrected chi connectivity index (χ1v) is 6.43. The van der Waals surface area contributed by atoms with E-state index in [9.17, 15) is 9.59 Å². The predicted octanol–water partition coefficient (Wildman–Crippen LogP) is 1.52. The summed E-state index contributed by atoms with van der Waals surface area (Å²) < 4.78 is 19.8. The molecule has 0 heterocycles. The Hall–Kier alpha value is -2.24. The fourth-order valence-corrected chi connectivity index (χ4v) is 1.93. The van der Waals surface area contributed by atoms with Crippen molar-refractivity contribution in [1.29, 1.82) is 0 Å². The number of carbonyl (C=O) groups excluding carboxylic acids is 2. The molecule has 1 aromatic carbocycles. The summed E-state index contributed by atoms with van der Waals surface area (Å²) in [6.07, 6.45) is 0.771. The standard InChI is InChI=1S/C15H20O6/c1-18-12-7-10(5-6-14(16)20-3)11(8-13(12)19-2)9-15(17)21-4/h7-8H,5-6,9H2,1-4H3. The summed E-state index contributed by atoms with van der Waals surface area (Å²) in [6, 6.07) is 3.49. The molecule has 0 saturated heterocycles. The monoisotopic (exact) mass is 296 g/mol. The summed E-state index contributed by atoms with van der Waals surface area (Å²) in [5.41, 5.74) is 1.56. The summed E-state index contributed by atoms with van der Waals surface area (Å²) in [6.45, 7) is 0. The van der Waals surface area contributed by atoms with Gasteiger partial charge in [-0.25, -0.2) is 0 Å². The van der Waals surface area contributed by atoms with Crippen molar-refractivity contribution in [1.82, 2.24) is 0 Å². The van der Waals surface area contributed by atoms with Gasteiger partial charge in [-0.1, -0.05) is 0 Å². The summed E-state index contributed by atoms with van der Waals surface area (Å²) in [5.74, 6) is 0.402. The van der Waals surface area contributed by atoms with Crippen molar-refractivity contribution in [3.63, 3.8) is 0 Å². The Morgan fingerprint density at radius 3 is 1.86 bits per heavy atom. The molecule has 0 aliphatic heterocycles. The van der Waals surface area contributed by atoms with Crippen LogP contribution in [-0.2, 0) is 31.9 Å². The molecule has 0 saturated carbocycles. The van der Waals surface area contributed by atoms with Gasteiger partial charge in [0, 0.05) is 6.42 Å². The molecule has 1 aromatic rings. The lowest BCUT2D eigenvalue weighted by atomic mass is 9.99. The molecule has 0 aromatic heterocycles. The molecule has 6 heteroatoms. The number of carbonyl (C=O) groups is 2. The second-order valence-corrected chi connectivity index (χ2v) is 4.30. The van der Waals surface area contributed by atoms with Crippen LogP contribution in [0.3, 0.4) is 0 Å². The van der Waals surface area contributed by atoms with Crippen molar-refractivity contribution in [3.05, 3.63) is 23.3 Å². The highest BCUT2D eigenvalue weighted by atomic mass is 16.5. The minimum absolute atomic E-state index is 0.105. The Morgan fingerprint density at radius 1 is 0.857 bits per heavy atom. The van der Waals surface area contributed by atoms with Crippen LogP contribution in [0.5, 0.6) is 11.5 Å². The normalized spacial score (nSPS) is 9.90. The summed E-state index contributed by atoms with van der Waals surface area (Å²) in [4.78, 5) is 22.8. The van der Waals surface area contributed by atoms with E-state index in [1.807, 2.05) is 0 Å². The summed E-state index contributed by atoms with van der Waals surface area (Å²) >= 11 is 0. The Morgan fingerprint density at radius 2 is 1.38 bits per heavy atom. The van der Waals surface area contributed by atoms with Crippen molar-refractivity contribution in [2.75, 3.05) is 28.4 Å². The van der Waals surface area contributed by atoms with Crippen LogP contribution < -0.4 is 9.47 Å². The van der Waals surface area contributed by atoms with E-state index in [0.717, 1.165) is 11.1 Å². The van der Waals surface area contributed by atoms with Crippen LogP contribution in [0.15, 0.2) is 12.1 Å². The van der Waals surface area contributed by atoms with Gasteiger partial charge in [-0.3, -0.25) is 9.59 Å². The Kier molecular flexibility index (Phi) is 6.52. The first-order chi connectivity index (χ1) is 10.0. The number of hydrogen-bond acceptors (Lipinski definition) is 6. The molecular formula is C15H20O6. The molecule has 1 rings (SSSR count). The number of esters is 2. The minimum Gasteiger partial charge on any atom is -0.493 e. The highest BCUT2D eigenvalue weighted by Crippen LogP contribution is 2.31. The third-order valence-corrected chi connectivity index (χ3v) is 3.09. The zero-order chi connectivity index (χ0) is 15.8. The van der Waals surface area contributed by atoms with Crippen molar-refractivity contribution >= 4 is 11.9 Å². The Labute approximate surface area is 123 Å². The Bertz CT molecular complexity index is 509. The molecule has 0 fully saturated rings. The average Bonchev–Trinajstić information content (AvgIpc) is 2.52. The van der Waals surface area contributed by atoms with Gasteiger partial charge >= 0.3 is 11.9 Å². The minimum atomic E-state index is -0.360. The largest absolute Gasteiger partial charge is 0.493 e. The van der Waals surface area contributed by atoms with E-state index in [2.05, 4.69) is 9.47 Å². The molecule has 0 aliphatic carbocycles. The van der Waals surface area contributed by atoms with Crippen molar-refractivity contribution in [2.24, 2.45) is 0 Å². The maximum atomic E-state index is 11.5. The van der Waals surface area contributed by atoms with Gasteiger partial charge in [-0.05, 0) is 29.7 Å². The van der Waals surface area contributed by atoms with Crippen molar-refractivity contribution in [3.8, 4) is 11.5 Å². The molecular weight excluding hydrogens is 276 g/mol. The highest BCUT2D eigenvalue weighted by molar-refractivity contribution is 5.74. The lowest BCUT2D eigenvalue weighted by Crippen LogP contribution is -2.09. The van der Waals surface area contributed by atoms with Crippen LogP contribution in [0.1, 0.15) is 17.5 Å². The molecule has 0 spiro atoms. The Balaban J connectivity index is 3.09. The second kappa shape index (κ2) is 8.14. The first kappa shape index (κ1) is 16.8. The van der Waals surface area contributed by atoms with E-state index in [-0.39, 0.29) is 24.8 Å². The fourth-order valence-electron chi connectivity index (χ4n) is 1.93. The zero-order valence-corrected chi connectivity index (χ0v) is 12.7. The van der Waals surface area contributed by atoms with Crippen LogP contribution in [0.2, 0.25) is 0 Å². The van der Waals surface area contributed by atoms with Gasteiger partial charge in [-0.2, -0.15) is 0 Å². The third kappa shape index (κ3) is 4.66. The number of ether oxygens (including phenoxy) is 4.